The summed E-state index contributed by atoms with van der Waals surface area (Å²) < 4.78 is 65.8. The SMILES string of the molecule is CN=C(NCC(c1c(F)cccc1F)N(C)C)NC1CCN(CC(F)(F)F)C1.I. The molecule has 1 aromatic rings. The second kappa shape index (κ2) is 11.3. The van der Waals surface area contributed by atoms with Gasteiger partial charge >= 0.3 is 6.18 Å². The van der Waals surface area contributed by atoms with Crippen molar-refractivity contribution >= 4 is 29.9 Å². The molecule has 2 unspecified atom stereocenters. The number of alkyl halides is 3. The molecule has 0 aromatic heterocycles. The minimum absolute atomic E-state index is 0. The summed E-state index contributed by atoms with van der Waals surface area (Å²) in [6.45, 7) is -0.176. The number of rotatable bonds is 6. The Balaban J connectivity index is 0.00000420. The maximum atomic E-state index is 14.1. The quantitative estimate of drug-likeness (QED) is 0.255. The van der Waals surface area contributed by atoms with Gasteiger partial charge in [-0.15, -0.1) is 24.0 Å². The van der Waals surface area contributed by atoms with Crippen molar-refractivity contribution < 1.29 is 22.0 Å². The van der Waals surface area contributed by atoms with Crippen molar-refractivity contribution in [1.29, 1.82) is 0 Å². The molecule has 1 saturated heterocycles. The van der Waals surface area contributed by atoms with Crippen LogP contribution in [0.15, 0.2) is 23.2 Å². The molecular weight excluding hydrogens is 508 g/mol. The minimum atomic E-state index is -4.22. The third-order valence-electron chi connectivity index (χ3n) is 4.66. The third kappa shape index (κ3) is 7.85. The average molecular weight is 535 g/mol. The molecule has 0 saturated carbocycles. The predicted molar refractivity (Wildman–Crippen MR) is 114 cm³/mol. The van der Waals surface area contributed by atoms with Gasteiger partial charge in [-0.25, -0.2) is 8.78 Å². The van der Waals surface area contributed by atoms with E-state index in [-0.39, 0.29) is 48.7 Å². The smallest absolute Gasteiger partial charge is 0.354 e. The van der Waals surface area contributed by atoms with Crippen molar-refractivity contribution in [3.8, 4) is 0 Å². The molecule has 166 valence electrons. The van der Waals surface area contributed by atoms with Crippen LogP contribution < -0.4 is 10.6 Å². The number of aliphatic imine (C=N–C) groups is 1. The monoisotopic (exact) mass is 535 g/mol. The summed E-state index contributed by atoms with van der Waals surface area (Å²) in [5, 5.41) is 6.10. The van der Waals surface area contributed by atoms with Crippen LogP contribution in [0.4, 0.5) is 22.0 Å². The zero-order valence-electron chi connectivity index (χ0n) is 16.6. The number of likely N-dealkylation sites (tertiary alicyclic amines) is 1. The number of hydrogen-bond donors (Lipinski definition) is 2. The third-order valence-corrected chi connectivity index (χ3v) is 4.66. The molecule has 0 aliphatic carbocycles. The molecule has 1 aromatic carbocycles. The lowest BCUT2D eigenvalue weighted by Crippen LogP contribution is -2.47. The van der Waals surface area contributed by atoms with E-state index in [0.717, 1.165) is 0 Å². The van der Waals surface area contributed by atoms with Gasteiger partial charge in [0.2, 0.25) is 0 Å². The van der Waals surface area contributed by atoms with Crippen molar-refractivity contribution in [2.75, 3.05) is 47.3 Å². The molecule has 5 nitrogen and oxygen atoms in total. The van der Waals surface area contributed by atoms with Crippen molar-refractivity contribution in [3.63, 3.8) is 0 Å². The molecule has 2 N–H and O–H groups in total. The molecule has 1 aliphatic heterocycles. The molecule has 0 bridgehead atoms. The van der Waals surface area contributed by atoms with E-state index in [2.05, 4.69) is 15.6 Å². The Bertz CT molecular complexity index is 663. The Morgan fingerprint density at radius 3 is 2.41 bits per heavy atom. The molecule has 1 fully saturated rings. The van der Waals surface area contributed by atoms with Crippen LogP contribution in [0.3, 0.4) is 0 Å². The lowest BCUT2D eigenvalue weighted by molar-refractivity contribution is -0.143. The van der Waals surface area contributed by atoms with Gasteiger partial charge < -0.3 is 15.5 Å². The Labute approximate surface area is 184 Å². The fourth-order valence-electron chi connectivity index (χ4n) is 3.30. The van der Waals surface area contributed by atoms with Crippen LogP contribution in [0, 0.1) is 11.6 Å². The maximum Gasteiger partial charge on any atom is 0.401 e. The van der Waals surface area contributed by atoms with Gasteiger partial charge in [0.25, 0.3) is 0 Å². The van der Waals surface area contributed by atoms with Gasteiger partial charge in [0, 0.05) is 38.3 Å². The Morgan fingerprint density at radius 1 is 1.28 bits per heavy atom. The van der Waals surface area contributed by atoms with E-state index in [1.54, 1.807) is 19.0 Å². The van der Waals surface area contributed by atoms with Crippen LogP contribution in [0.25, 0.3) is 0 Å². The van der Waals surface area contributed by atoms with Crippen molar-refractivity contribution in [2.45, 2.75) is 24.7 Å². The normalized spacial score (nSPS) is 19.2. The second-order valence-electron chi connectivity index (χ2n) is 7.05. The number of likely N-dealkylation sites (N-methyl/N-ethyl adjacent to an activating group) is 1. The van der Waals surface area contributed by atoms with Gasteiger partial charge in [-0.05, 0) is 32.6 Å². The number of benzene rings is 1. The molecule has 0 spiro atoms. The van der Waals surface area contributed by atoms with Crippen LogP contribution in [0.5, 0.6) is 0 Å². The highest BCUT2D eigenvalue weighted by molar-refractivity contribution is 14.0. The summed E-state index contributed by atoms with van der Waals surface area (Å²) in [5.41, 5.74) is -0.0485. The second-order valence-corrected chi connectivity index (χ2v) is 7.05. The number of halogens is 6. The topological polar surface area (TPSA) is 42.9 Å². The summed E-state index contributed by atoms with van der Waals surface area (Å²) in [6.07, 6.45) is -3.67. The minimum Gasteiger partial charge on any atom is -0.354 e. The molecule has 1 heterocycles. The summed E-state index contributed by atoms with van der Waals surface area (Å²) in [4.78, 5) is 7.09. The van der Waals surface area contributed by atoms with Gasteiger partial charge in [-0.1, -0.05) is 6.07 Å². The standard InChI is InChI=1S/C18H26F5N5.HI/c1-24-17(26-12-7-8-28(10-12)11-18(21,22)23)25-9-15(27(2)3)16-13(19)5-4-6-14(16)20;/h4-6,12,15H,7-11H2,1-3H3,(H2,24,25,26);1H. The molecular formula is C18H27F5IN5. The summed E-state index contributed by atoms with van der Waals surface area (Å²) in [7, 11) is 4.95. The lowest BCUT2D eigenvalue weighted by Gasteiger charge is -2.27. The van der Waals surface area contributed by atoms with Crippen LogP contribution in [0.2, 0.25) is 0 Å². The zero-order chi connectivity index (χ0) is 20.9. The fourth-order valence-corrected chi connectivity index (χ4v) is 3.30. The summed E-state index contributed by atoms with van der Waals surface area (Å²) in [6, 6.07) is 2.94. The number of guanidine groups is 1. The van der Waals surface area contributed by atoms with Gasteiger partial charge in [-0.2, -0.15) is 13.2 Å². The summed E-state index contributed by atoms with van der Waals surface area (Å²) in [5.74, 6) is -0.897. The highest BCUT2D eigenvalue weighted by Gasteiger charge is 2.34. The van der Waals surface area contributed by atoms with E-state index < -0.39 is 30.4 Å². The van der Waals surface area contributed by atoms with Crippen LogP contribution >= 0.6 is 24.0 Å². The predicted octanol–water partition coefficient (Wildman–Crippen LogP) is 2.99. The van der Waals surface area contributed by atoms with E-state index in [0.29, 0.717) is 18.9 Å². The van der Waals surface area contributed by atoms with Crippen LogP contribution in [0.1, 0.15) is 18.0 Å². The lowest BCUT2D eigenvalue weighted by atomic mass is 10.0. The van der Waals surface area contributed by atoms with Crippen molar-refractivity contribution in [1.82, 2.24) is 20.4 Å². The van der Waals surface area contributed by atoms with Gasteiger partial charge in [0.1, 0.15) is 11.6 Å². The highest BCUT2D eigenvalue weighted by Crippen LogP contribution is 2.24. The van der Waals surface area contributed by atoms with Gasteiger partial charge in [-0.3, -0.25) is 9.89 Å². The first-order valence-corrected chi connectivity index (χ1v) is 8.97. The molecule has 0 radical (unpaired) electrons. The molecule has 2 atom stereocenters. The molecule has 0 amide bonds. The Hall–Kier alpha value is -1.21. The van der Waals surface area contributed by atoms with E-state index in [1.165, 1.54) is 30.1 Å². The number of nitrogens with one attached hydrogen (secondary N) is 2. The van der Waals surface area contributed by atoms with Gasteiger partial charge in [0.05, 0.1) is 12.6 Å². The number of nitrogens with zero attached hydrogens (tertiary/aromatic N) is 3. The van der Waals surface area contributed by atoms with Crippen LogP contribution in [-0.4, -0.2) is 75.3 Å². The number of hydrogen-bond acceptors (Lipinski definition) is 3. The molecule has 11 heteroatoms. The first-order valence-electron chi connectivity index (χ1n) is 8.97. The van der Waals surface area contributed by atoms with Crippen molar-refractivity contribution in [3.05, 3.63) is 35.4 Å². The first kappa shape index (κ1) is 25.8. The molecule has 2 rings (SSSR count). The van der Waals surface area contributed by atoms with E-state index in [4.69, 9.17) is 0 Å². The Morgan fingerprint density at radius 2 is 1.90 bits per heavy atom. The van der Waals surface area contributed by atoms with E-state index in [9.17, 15) is 22.0 Å². The fraction of sp³-hybridized carbons (Fsp3) is 0.611. The van der Waals surface area contributed by atoms with E-state index >= 15 is 0 Å². The van der Waals surface area contributed by atoms with E-state index in [1.807, 2.05) is 0 Å². The average Bonchev–Trinajstić information content (AvgIpc) is 3.00. The first-order chi connectivity index (χ1) is 13.1. The van der Waals surface area contributed by atoms with Crippen molar-refractivity contribution in [2.24, 2.45) is 4.99 Å². The Kier molecular flexibility index (Phi) is 10.0. The molecule has 29 heavy (non-hydrogen) atoms. The highest BCUT2D eigenvalue weighted by atomic mass is 127. The summed E-state index contributed by atoms with van der Waals surface area (Å²) >= 11 is 0. The van der Waals surface area contributed by atoms with Gasteiger partial charge in [0.15, 0.2) is 5.96 Å². The largest absolute Gasteiger partial charge is 0.401 e. The van der Waals surface area contributed by atoms with Crippen LogP contribution in [-0.2, 0) is 0 Å². The maximum absolute atomic E-state index is 14.1. The zero-order valence-corrected chi connectivity index (χ0v) is 18.9. The molecule has 1 aliphatic rings.